The lowest BCUT2D eigenvalue weighted by atomic mass is 10.2. The second-order valence-corrected chi connectivity index (χ2v) is 6.22. The van der Waals surface area contributed by atoms with Crippen LogP contribution in [0.25, 0.3) is 16.7 Å². The van der Waals surface area contributed by atoms with Crippen molar-refractivity contribution in [2.45, 2.75) is 6.54 Å². The molecule has 2 aromatic carbocycles. The molecule has 0 fully saturated rings. The van der Waals surface area contributed by atoms with E-state index < -0.39 is 4.92 Å². The third kappa shape index (κ3) is 2.96. The molecule has 0 amide bonds. The van der Waals surface area contributed by atoms with Crippen LogP contribution in [0.5, 0.6) is 0 Å². The van der Waals surface area contributed by atoms with E-state index in [4.69, 9.17) is 11.6 Å². The number of rotatable bonds is 4. The van der Waals surface area contributed by atoms with E-state index >= 15 is 0 Å². The molecule has 0 aliphatic carbocycles. The molecule has 0 saturated heterocycles. The highest BCUT2D eigenvalue weighted by atomic mass is 35.5. The maximum absolute atomic E-state index is 12.8. The van der Waals surface area contributed by atoms with Crippen LogP contribution >= 0.6 is 11.6 Å². The summed E-state index contributed by atoms with van der Waals surface area (Å²) in [6, 6.07) is 13.4. The fourth-order valence-electron chi connectivity index (χ4n) is 2.85. The Kier molecular flexibility index (Phi) is 4.17. The van der Waals surface area contributed by atoms with Crippen LogP contribution in [0.4, 0.5) is 5.69 Å². The minimum atomic E-state index is -0.499. The Morgan fingerprint density at radius 2 is 1.85 bits per heavy atom. The Balaban J connectivity index is 1.83. The molecule has 4 rings (SSSR count). The van der Waals surface area contributed by atoms with E-state index in [1.807, 2.05) is 18.2 Å². The van der Waals surface area contributed by atoms with E-state index in [0.717, 1.165) is 5.56 Å². The van der Waals surface area contributed by atoms with Gasteiger partial charge < -0.3 is 0 Å². The molecule has 8 nitrogen and oxygen atoms in total. The lowest BCUT2D eigenvalue weighted by molar-refractivity contribution is -0.384. The highest BCUT2D eigenvalue weighted by Gasteiger charge is 2.19. The van der Waals surface area contributed by atoms with E-state index in [0.29, 0.717) is 5.02 Å². The standard InChI is InChI=1S/C18H12ClN5O3/c19-14-6-2-1-5-12(14)10-22-11-20-17-13(18(22)25)9-21-23(17)15-7-3-4-8-16(15)24(26)27/h1-9,11H,10H2. The van der Waals surface area contributed by atoms with Crippen LogP contribution in [0.1, 0.15) is 5.56 Å². The van der Waals surface area contributed by atoms with E-state index in [1.54, 1.807) is 24.3 Å². The average molecular weight is 382 g/mol. The topological polar surface area (TPSA) is 95.8 Å². The van der Waals surface area contributed by atoms with Crippen molar-refractivity contribution in [2.24, 2.45) is 0 Å². The Morgan fingerprint density at radius 3 is 2.63 bits per heavy atom. The molecule has 0 saturated carbocycles. The maximum Gasteiger partial charge on any atom is 0.294 e. The first-order valence-electron chi connectivity index (χ1n) is 7.96. The van der Waals surface area contributed by atoms with E-state index in [1.165, 1.54) is 27.8 Å². The van der Waals surface area contributed by atoms with Crippen molar-refractivity contribution in [1.82, 2.24) is 19.3 Å². The SMILES string of the molecule is O=c1c2cnn(-c3ccccc3[N+](=O)[O-])c2ncn1Cc1ccccc1Cl. The first-order valence-corrected chi connectivity index (χ1v) is 8.34. The molecule has 0 spiro atoms. The quantitative estimate of drug-likeness (QED) is 0.399. The van der Waals surface area contributed by atoms with Crippen molar-refractivity contribution in [3.8, 4) is 5.69 Å². The predicted octanol–water partition coefficient (Wildman–Crippen LogP) is 3.19. The smallest absolute Gasteiger partial charge is 0.294 e. The van der Waals surface area contributed by atoms with Crippen LogP contribution in [-0.4, -0.2) is 24.3 Å². The number of fused-ring (bicyclic) bond motifs is 1. The summed E-state index contributed by atoms with van der Waals surface area (Å²) in [7, 11) is 0. The second-order valence-electron chi connectivity index (χ2n) is 5.81. The molecular weight excluding hydrogens is 370 g/mol. The van der Waals surface area contributed by atoms with Gasteiger partial charge in [0.25, 0.3) is 11.2 Å². The number of halogens is 1. The Hall–Kier alpha value is -3.52. The summed E-state index contributed by atoms with van der Waals surface area (Å²) in [6.07, 6.45) is 2.76. The van der Waals surface area contributed by atoms with Crippen LogP contribution in [0.3, 0.4) is 0 Å². The molecule has 0 radical (unpaired) electrons. The summed E-state index contributed by atoms with van der Waals surface area (Å²) in [4.78, 5) is 27.9. The molecule has 0 aliphatic rings. The third-order valence-corrected chi connectivity index (χ3v) is 4.53. The molecule has 2 aromatic heterocycles. The van der Waals surface area contributed by atoms with E-state index in [-0.39, 0.29) is 34.5 Å². The van der Waals surface area contributed by atoms with Gasteiger partial charge in [-0.1, -0.05) is 41.9 Å². The number of benzene rings is 2. The van der Waals surface area contributed by atoms with E-state index in [9.17, 15) is 14.9 Å². The molecule has 2 heterocycles. The van der Waals surface area contributed by atoms with Crippen molar-refractivity contribution in [3.63, 3.8) is 0 Å². The number of hydrogen-bond donors (Lipinski definition) is 0. The molecule has 9 heteroatoms. The maximum atomic E-state index is 12.8. The van der Waals surface area contributed by atoms with Crippen molar-refractivity contribution < 1.29 is 4.92 Å². The minimum Gasteiger partial charge on any atom is -0.294 e. The fraction of sp³-hybridized carbons (Fsp3) is 0.0556. The molecule has 0 atom stereocenters. The highest BCUT2D eigenvalue weighted by molar-refractivity contribution is 6.31. The summed E-state index contributed by atoms with van der Waals surface area (Å²) in [5, 5.41) is 16.2. The number of para-hydroxylation sites is 2. The van der Waals surface area contributed by atoms with Crippen LogP contribution in [-0.2, 0) is 6.54 Å². The Morgan fingerprint density at radius 1 is 1.11 bits per heavy atom. The summed E-state index contributed by atoms with van der Waals surface area (Å²) in [5.41, 5.74) is 0.862. The summed E-state index contributed by atoms with van der Waals surface area (Å²) in [6.45, 7) is 0.262. The minimum absolute atomic E-state index is 0.121. The molecule has 0 aliphatic heterocycles. The van der Waals surface area contributed by atoms with Gasteiger partial charge in [0.2, 0.25) is 0 Å². The zero-order valence-corrected chi connectivity index (χ0v) is 14.6. The summed E-state index contributed by atoms with van der Waals surface area (Å²) in [5.74, 6) is 0. The summed E-state index contributed by atoms with van der Waals surface area (Å²) < 4.78 is 2.73. The second kappa shape index (κ2) is 6.65. The highest BCUT2D eigenvalue weighted by Crippen LogP contribution is 2.24. The Labute approximate surface area is 157 Å². The van der Waals surface area contributed by atoms with E-state index in [2.05, 4.69) is 10.1 Å². The molecule has 134 valence electrons. The van der Waals surface area contributed by atoms with Gasteiger partial charge in [-0.15, -0.1) is 0 Å². The lowest BCUT2D eigenvalue weighted by Crippen LogP contribution is -2.21. The normalized spacial score (nSPS) is 11.0. The first kappa shape index (κ1) is 16.9. The van der Waals surface area contributed by atoms with Gasteiger partial charge in [-0.05, 0) is 17.7 Å². The monoisotopic (exact) mass is 381 g/mol. The van der Waals surface area contributed by atoms with Gasteiger partial charge in [0.05, 0.1) is 17.7 Å². The number of aromatic nitrogens is 4. The van der Waals surface area contributed by atoms with Crippen molar-refractivity contribution >= 4 is 28.3 Å². The fourth-order valence-corrected chi connectivity index (χ4v) is 3.04. The van der Waals surface area contributed by atoms with Crippen LogP contribution in [0.15, 0.2) is 65.8 Å². The van der Waals surface area contributed by atoms with Crippen molar-refractivity contribution in [3.05, 3.63) is 92.1 Å². The van der Waals surface area contributed by atoms with Gasteiger partial charge in [0.15, 0.2) is 5.65 Å². The third-order valence-electron chi connectivity index (χ3n) is 4.16. The van der Waals surface area contributed by atoms with Gasteiger partial charge in [-0.2, -0.15) is 5.10 Å². The predicted molar refractivity (Wildman–Crippen MR) is 100 cm³/mol. The average Bonchev–Trinajstić information content (AvgIpc) is 3.10. The molecule has 27 heavy (non-hydrogen) atoms. The number of nitro groups is 1. The Bertz CT molecular complexity index is 1230. The first-order chi connectivity index (χ1) is 13.1. The van der Waals surface area contributed by atoms with Crippen LogP contribution in [0, 0.1) is 10.1 Å². The zero-order chi connectivity index (χ0) is 19.0. The van der Waals surface area contributed by atoms with Gasteiger partial charge in [-0.25, -0.2) is 9.67 Å². The van der Waals surface area contributed by atoms with Gasteiger partial charge in [0.1, 0.15) is 17.4 Å². The molecule has 0 bridgehead atoms. The molecule has 0 N–H and O–H groups in total. The molecule has 4 aromatic rings. The lowest BCUT2D eigenvalue weighted by Gasteiger charge is -2.08. The van der Waals surface area contributed by atoms with Gasteiger partial charge >= 0.3 is 0 Å². The van der Waals surface area contributed by atoms with Crippen LogP contribution < -0.4 is 5.56 Å². The number of nitro benzene ring substituents is 1. The largest absolute Gasteiger partial charge is 0.294 e. The van der Waals surface area contributed by atoms with Crippen molar-refractivity contribution in [2.75, 3.05) is 0 Å². The van der Waals surface area contributed by atoms with Gasteiger partial charge in [0, 0.05) is 11.1 Å². The van der Waals surface area contributed by atoms with Gasteiger partial charge in [-0.3, -0.25) is 19.5 Å². The molecule has 0 unspecified atom stereocenters. The molecular formula is C18H12ClN5O3. The van der Waals surface area contributed by atoms with Crippen molar-refractivity contribution in [1.29, 1.82) is 0 Å². The zero-order valence-electron chi connectivity index (χ0n) is 13.8. The number of hydrogen-bond acceptors (Lipinski definition) is 5. The summed E-state index contributed by atoms with van der Waals surface area (Å²) >= 11 is 6.16. The van der Waals surface area contributed by atoms with Crippen LogP contribution in [0.2, 0.25) is 5.02 Å². The number of nitrogens with zero attached hydrogens (tertiary/aromatic N) is 5.